The first-order valence-electron chi connectivity index (χ1n) is 4.51. The van der Waals surface area contributed by atoms with Crippen LogP contribution < -0.4 is 4.72 Å². The Labute approximate surface area is 97.9 Å². The summed E-state index contributed by atoms with van der Waals surface area (Å²) in [7, 11) is -3.27. The first kappa shape index (κ1) is 16.4. The van der Waals surface area contributed by atoms with Crippen molar-refractivity contribution in [3.8, 4) is 0 Å². The third kappa shape index (κ3) is 5.04. The van der Waals surface area contributed by atoms with Crippen LogP contribution in [0.1, 0.15) is 0 Å². The Morgan fingerprint density at radius 1 is 1.35 bits per heavy atom. The molecule has 9 nitrogen and oxygen atoms in total. The number of nitrogens with one attached hydrogen (secondary N) is 1. The van der Waals surface area contributed by atoms with Crippen LogP contribution in [0.4, 0.5) is 0 Å². The fraction of sp³-hybridized carbons (Fsp3) is 0.857. The quantitative estimate of drug-likeness (QED) is 0.281. The Hall–Kier alpha value is -0.620. The highest BCUT2D eigenvalue weighted by molar-refractivity contribution is 7.84. The van der Waals surface area contributed by atoms with Crippen molar-refractivity contribution in [1.29, 1.82) is 0 Å². The van der Waals surface area contributed by atoms with E-state index in [9.17, 15) is 18.3 Å². The van der Waals surface area contributed by atoms with Crippen LogP contribution >= 0.6 is 0 Å². The summed E-state index contributed by atoms with van der Waals surface area (Å²) in [5.74, 6) is 0. The van der Waals surface area contributed by atoms with E-state index in [1.165, 1.54) is 0 Å². The zero-order valence-corrected chi connectivity index (χ0v) is 9.74. The van der Waals surface area contributed by atoms with Crippen molar-refractivity contribution in [1.82, 2.24) is 4.72 Å². The molecule has 0 saturated heterocycles. The van der Waals surface area contributed by atoms with E-state index in [0.29, 0.717) is 0 Å². The maximum absolute atomic E-state index is 11.0. The lowest BCUT2D eigenvalue weighted by atomic mass is 10.0. The van der Waals surface area contributed by atoms with Gasteiger partial charge in [0, 0.05) is 7.05 Å². The highest BCUT2D eigenvalue weighted by Gasteiger charge is 2.36. The lowest BCUT2D eigenvalue weighted by Crippen LogP contribution is -2.49. The molecule has 0 aromatic carbocycles. The number of carbonyl (C=O) groups excluding carboxylic acids is 1. The SMILES string of the molecule is CNS(=O)(=O)O[C@@H]([C@H](O)[C@H](O)CO)[C@@H](O)C=O. The molecule has 0 heterocycles. The average molecular weight is 273 g/mol. The highest BCUT2D eigenvalue weighted by atomic mass is 32.2. The molecule has 0 radical (unpaired) electrons. The molecule has 0 saturated carbocycles. The fourth-order valence-electron chi connectivity index (χ4n) is 0.915. The summed E-state index contributed by atoms with van der Waals surface area (Å²) in [6.45, 7) is -0.897. The maximum Gasteiger partial charge on any atom is 0.336 e. The molecule has 0 aliphatic heterocycles. The van der Waals surface area contributed by atoms with Gasteiger partial charge in [-0.1, -0.05) is 0 Å². The van der Waals surface area contributed by atoms with Gasteiger partial charge in [0.1, 0.15) is 24.4 Å². The standard InChI is InChI=1S/C7H15NO8S/c1-8-17(14,15)16-7(5(12)3-10)6(13)4(11)2-9/h3-9,11-13H,2H2,1H3/t4-,5+,6-,7-/m1/s1. The van der Waals surface area contributed by atoms with Gasteiger partial charge in [0.25, 0.3) is 0 Å². The van der Waals surface area contributed by atoms with Gasteiger partial charge < -0.3 is 25.2 Å². The molecular weight excluding hydrogens is 258 g/mol. The van der Waals surface area contributed by atoms with Gasteiger partial charge in [0.15, 0.2) is 6.29 Å². The minimum Gasteiger partial charge on any atom is -0.394 e. The van der Waals surface area contributed by atoms with Crippen LogP contribution in [0, 0.1) is 0 Å². The molecule has 102 valence electrons. The number of hydrogen-bond acceptors (Lipinski definition) is 8. The Kier molecular flexibility index (Phi) is 6.70. The molecule has 0 fully saturated rings. The molecule has 0 spiro atoms. The molecule has 0 aliphatic carbocycles. The highest BCUT2D eigenvalue weighted by Crippen LogP contribution is 2.11. The molecule has 0 bridgehead atoms. The van der Waals surface area contributed by atoms with Gasteiger partial charge in [-0.2, -0.15) is 13.1 Å². The minimum absolute atomic E-state index is 0.0663. The van der Waals surface area contributed by atoms with E-state index < -0.39 is 41.3 Å². The zero-order chi connectivity index (χ0) is 13.6. The van der Waals surface area contributed by atoms with Crippen molar-refractivity contribution in [2.75, 3.05) is 13.7 Å². The summed E-state index contributed by atoms with van der Waals surface area (Å²) in [6.07, 6.45) is -7.69. The third-order valence-corrected chi connectivity index (χ3v) is 2.86. The predicted octanol–water partition coefficient (Wildman–Crippen LogP) is -3.89. The van der Waals surface area contributed by atoms with Gasteiger partial charge in [-0.05, 0) is 0 Å². The molecule has 17 heavy (non-hydrogen) atoms. The predicted molar refractivity (Wildman–Crippen MR) is 54.0 cm³/mol. The summed E-state index contributed by atoms with van der Waals surface area (Å²) in [6, 6.07) is 0. The van der Waals surface area contributed by atoms with E-state index in [2.05, 4.69) is 4.18 Å². The molecule has 0 rings (SSSR count). The average Bonchev–Trinajstić information content (AvgIpc) is 2.33. The molecule has 10 heteroatoms. The Morgan fingerprint density at radius 3 is 2.24 bits per heavy atom. The summed E-state index contributed by atoms with van der Waals surface area (Å²) in [5.41, 5.74) is 0. The van der Waals surface area contributed by atoms with E-state index >= 15 is 0 Å². The van der Waals surface area contributed by atoms with Gasteiger partial charge >= 0.3 is 10.3 Å². The summed E-state index contributed by atoms with van der Waals surface area (Å²) in [5, 5.41) is 36.2. The number of rotatable bonds is 8. The number of aldehydes is 1. The Morgan fingerprint density at radius 2 is 1.88 bits per heavy atom. The lowest BCUT2D eigenvalue weighted by Gasteiger charge is -2.26. The number of aliphatic hydroxyl groups is 4. The van der Waals surface area contributed by atoms with Crippen LogP contribution in [0.2, 0.25) is 0 Å². The van der Waals surface area contributed by atoms with E-state index in [1.54, 1.807) is 4.72 Å². The Bertz CT molecular complexity index is 331. The van der Waals surface area contributed by atoms with Crippen LogP contribution in [0.5, 0.6) is 0 Å². The molecule has 0 aliphatic rings. The summed E-state index contributed by atoms with van der Waals surface area (Å²) in [4.78, 5) is 10.3. The monoisotopic (exact) mass is 273 g/mol. The van der Waals surface area contributed by atoms with Crippen LogP contribution in [-0.2, 0) is 19.3 Å². The van der Waals surface area contributed by atoms with Crippen molar-refractivity contribution in [2.24, 2.45) is 0 Å². The van der Waals surface area contributed by atoms with Crippen molar-refractivity contribution in [2.45, 2.75) is 24.4 Å². The zero-order valence-electron chi connectivity index (χ0n) is 8.92. The first-order valence-corrected chi connectivity index (χ1v) is 5.92. The van der Waals surface area contributed by atoms with Gasteiger partial charge in [-0.15, -0.1) is 0 Å². The first-order chi connectivity index (χ1) is 7.79. The van der Waals surface area contributed by atoms with Crippen molar-refractivity contribution in [3.63, 3.8) is 0 Å². The summed E-state index contributed by atoms with van der Waals surface area (Å²) >= 11 is 0. The second-order valence-corrected chi connectivity index (χ2v) is 4.60. The largest absolute Gasteiger partial charge is 0.394 e. The second kappa shape index (κ2) is 6.96. The molecule has 0 aromatic heterocycles. The van der Waals surface area contributed by atoms with E-state index in [0.717, 1.165) is 7.05 Å². The van der Waals surface area contributed by atoms with Crippen molar-refractivity contribution >= 4 is 16.6 Å². The molecule has 4 atom stereocenters. The van der Waals surface area contributed by atoms with Gasteiger partial charge in [-0.3, -0.25) is 0 Å². The Balaban J connectivity index is 4.95. The van der Waals surface area contributed by atoms with E-state index in [-0.39, 0.29) is 6.29 Å². The van der Waals surface area contributed by atoms with E-state index in [4.69, 9.17) is 15.3 Å². The topological polar surface area (TPSA) is 153 Å². The van der Waals surface area contributed by atoms with Gasteiger partial charge in [0.05, 0.1) is 6.61 Å². The molecule has 5 N–H and O–H groups in total. The van der Waals surface area contributed by atoms with E-state index in [1.807, 2.05) is 0 Å². The summed E-state index contributed by atoms with van der Waals surface area (Å²) < 4.78 is 28.1. The molecule has 0 unspecified atom stereocenters. The lowest BCUT2D eigenvalue weighted by molar-refractivity contribution is -0.131. The van der Waals surface area contributed by atoms with Gasteiger partial charge in [-0.25, -0.2) is 4.18 Å². The smallest absolute Gasteiger partial charge is 0.336 e. The van der Waals surface area contributed by atoms with Crippen LogP contribution in [0.3, 0.4) is 0 Å². The fourth-order valence-corrected chi connectivity index (χ4v) is 1.53. The van der Waals surface area contributed by atoms with Crippen molar-refractivity contribution < 1.29 is 37.8 Å². The van der Waals surface area contributed by atoms with Gasteiger partial charge in [0.2, 0.25) is 0 Å². The maximum atomic E-state index is 11.0. The molecule has 0 aromatic rings. The van der Waals surface area contributed by atoms with Crippen molar-refractivity contribution in [3.05, 3.63) is 0 Å². The molecular formula is C7H15NO8S. The number of aliphatic hydroxyl groups excluding tert-OH is 4. The second-order valence-electron chi connectivity index (χ2n) is 3.09. The normalized spacial score (nSPS) is 19.4. The van der Waals surface area contributed by atoms with Crippen LogP contribution in [0.25, 0.3) is 0 Å². The van der Waals surface area contributed by atoms with Crippen LogP contribution in [-0.4, -0.2) is 73.2 Å². The number of carbonyl (C=O) groups is 1. The third-order valence-electron chi connectivity index (χ3n) is 1.88. The number of hydrogen-bond donors (Lipinski definition) is 5. The van der Waals surface area contributed by atoms with Crippen LogP contribution in [0.15, 0.2) is 0 Å². The molecule has 0 amide bonds. The minimum atomic E-state index is -4.28.